The van der Waals surface area contributed by atoms with Crippen LogP contribution in [0.2, 0.25) is 0 Å². The van der Waals surface area contributed by atoms with Crippen molar-refractivity contribution >= 4 is 17.6 Å². The van der Waals surface area contributed by atoms with Gasteiger partial charge in [-0.05, 0) is 89.3 Å². The van der Waals surface area contributed by atoms with Crippen molar-refractivity contribution in [1.29, 1.82) is 0 Å². The quantitative estimate of drug-likeness (QED) is 0.435. The van der Waals surface area contributed by atoms with Crippen molar-refractivity contribution in [3.8, 4) is 11.1 Å². The maximum atomic E-state index is 13.6. The summed E-state index contributed by atoms with van der Waals surface area (Å²) in [7, 11) is 0. The van der Waals surface area contributed by atoms with E-state index in [0.29, 0.717) is 29.9 Å². The molecular weight excluding hydrogens is 442 g/mol. The van der Waals surface area contributed by atoms with Crippen LogP contribution in [-0.4, -0.2) is 42.8 Å². The first-order chi connectivity index (χ1) is 16.9. The van der Waals surface area contributed by atoms with Crippen molar-refractivity contribution in [1.82, 2.24) is 30.3 Å². The lowest BCUT2D eigenvalue weighted by Crippen LogP contribution is -2.50. The van der Waals surface area contributed by atoms with E-state index in [-0.39, 0.29) is 17.7 Å². The highest BCUT2D eigenvalue weighted by Gasteiger charge is 2.48. The van der Waals surface area contributed by atoms with Crippen molar-refractivity contribution in [3.05, 3.63) is 47.2 Å². The normalized spacial score (nSPS) is 16.4. The van der Waals surface area contributed by atoms with Crippen molar-refractivity contribution in [2.75, 3.05) is 5.32 Å². The van der Waals surface area contributed by atoms with Gasteiger partial charge in [0, 0.05) is 35.3 Å². The minimum Gasteiger partial charge on any atom is -0.339 e. The summed E-state index contributed by atoms with van der Waals surface area (Å²) in [5.74, 6) is 1.13. The lowest BCUT2D eigenvalue weighted by molar-refractivity contribution is -0.119. The second-order valence-electron chi connectivity index (χ2n) is 9.86. The van der Waals surface area contributed by atoms with Gasteiger partial charge in [0.25, 0.3) is 5.91 Å². The first kappa shape index (κ1) is 23.3. The average molecular weight is 476 g/mol. The Morgan fingerprint density at radius 1 is 1.09 bits per heavy atom. The van der Waals surface area contributed by atoms with Crippen molar-refractivity contribution < 1.29 is 9.59 Å². The van der Waals surface area contributed by atoms with Crippen LogP contribution >= 0.6 is 0 Å². The number of pyridine rings is 1. The van der Waals surface area contributed by atoms with Gasteiger partial charge >= 0.3 is 0 Å². The van der Waals surface area contributed by atoms with Gasteiger partial charge in [0.2, 0.25) is 5.91 Å². The number of rotatable bonds is 9. The molecule has 0 saturated heterocycles. The summed E-state index contributed by atoms with van der Waals surface area (Å²) in [6.45, 7) is 8.40. The van der Waals surface area contributed by atoms with Crippen LogP contribution in [0.3, 0.4) is 0 Å². The highest BCUT2D eigenvalue weighted by atomic mass is 16.2. The largest absolute Gasteiger partial charge is 0.339 e. The predicted molar refractivity (Wildman–Crippen MR) is 133 cm³/mol. The zero-order chi connectivity index (χ0) is 24.7. The highest BCUT2D eigenvalue weighted by molar-refractivity contribution is 6.00. The predicted octanol–water partition coefficient (Wildman–Crippen LogP) is 3.79. The summed E-state index contributed by atoms with van der Waals surface area (Å²) in [6, 6.07) is 4.87. The molecule has 35 heavy (non-hydrogen) atoms. The van der Waals surface area contributed by atoms with Gasteiger partial charge in [-0.15, -0.1) is 0 Å². The van der Waals surface area contributed by atoms with Crippen LogP contribution in [0.25, 0.3) is 11.1 Å². The molecule has 2 amide bonds. The monoisotopic (exact) mass is 475 g/mol. The third-order valence-electron chi connectivity index (χ3n) is 7.27. The number of aromatic amines is 1. The van der Waals surface area contributed by atoms with Gasteiger partial charge in [-0.25, -0.2) is 4.98 Å². The SMILES string of the molecule is CCn1nccc1C(=O)N[C@H](C(=O)Nc1ccc(-c2c(C)n[nH]c2C)c(C)n1)C(C1CC1)C1CC1. The molecule has 9 heteroatoms. The lowest BCUT2D eigenvalue weighted by atomic mass is 9.88. The molecule has 2 aliphatic rings. The first-order valence-corrected chi connectivity index (χ1v) is 12.5. The summed E-state index contributed by atoms with van der Waals surface area (Å²) in [5.41, 5.74) is 5.19. The Morgan fingerprint density at radius 2 is 1.80 bits per heavy atom. The molecule has 3 aromatic rings. The Balaban J connectivity index is 1.38. The number of carbonyl (C=O) groups is 2. The van der Waals surface area contributed by atoms with Crippen LogP contribution in [-0.2, 0) is 11.3 Å². The molecule has 0 radical (unpaired) electrons. The summed E-state index contributed by atoms with van der Waals surface area (Å²) in [4.78, 5) is 31.4. The Bertz CT molecular complexity index is 1220. The van der Waals surface area contributed by atoms with Gasteiger partial charge in [-0.3, -0.25) is 19.4 Å². The van der Waals surface area contributed by atoms with Gasteiger partial charge in [-0.1, -0.05) is 0 Å². The number of nitrogens with one attached hydrogen (secondary N) is 3. The highest BCUT2D eigenvalue weighted by Crippen LogP contribution is 2.51. The van der Waals surface area contributed by atoms with E-state index < -0.39 is 6.04 Å². The zero-order valence-electron chi connectivity index (χ0n) is 20.8. The van der Waals surface area contributed by atoms with Crippen LogP contribution in [0.5, 0.6) is 0 Å². The molecule has 0 spiro atoms. The third-order valence-corrected chi connectivity index (χ3v) is 7.27. The molecule has 0 unspecified atom stereocenters. The fraction of sp³-hybridized carbons (Fsp3) is 0.500. The summed E-state index contributed by atoms with van der Waals surface area (Å²) in [6.07, 6.45) is 6.07. The molecule has 3 aromatic heterocycles. The van der Waals surface area contributed by atoms with Gasteiger partial charge in [0.05, 0.1) is 5.69 Å². The fourth-order valence-corrected chi connectivity index (χ4v) is 5.27. The number of nitrogens with zero attached hydrogens (tertiary/aromatic N) is 4. The van der Waals surface area contributed by atoms with Gasteiger partial charge < -0.3 is 10.6 Å². The van der Waals surface area contributed by atoms with E-state index in [9.17, 15) is 9.59 Å². The molecule has 0 aromatic carbocycles. The molecule has 3 N–H and O–H groups in total. The number of aryl methyl sites for hydroxylation is 4. The molecule has 2 aliphatic carbocycles. The maximum absolute atomic E-state index is 13.6. The number of H-pyrrole nitrogens is 1. The molecule has 184 valence electrons. The van der Waals surface area contributed by atoms with E-state index in [4.69, 9.17) is 0 Å². The maximum Gasteiger partial charge on any atom is 0.270 e. The van der Waals surface area contributed by atoms with Crippen molar-refractivity contribution in [2.45, 2.75) is 66.0 Å². The van der Waals surface area contributed by atoms with Crippen molar-refractivity contribution in [3.63, 3.8) is 0 Å². The van der Waals surface area contributed by atoms with Gasteiger partial charge in [0.15, 0.2) is 0 Å². The molecule has 9 nitrogen and oxygen atoms in total. The smallest absolute Gasteiger partial charge is 0.270 e. The second kappa shape index (κ2) is 9.28. The lowest BCUT2D eigenvalue weighted by Gasteiger charge is -2.27. The van der Waals surface area contributed by atoms with E-state index >= 15 is 0 Å². The Kier molecular flexibility index (Phi) is 6.17. The number of aromatic nitrogens is 5. The number of anilines is 1. The Hall–Kier alpha value is -3.49. The molecule has 1 atom stereocenters. The van der Waals surface area contributed by atoms with E-state index in [1.807, 2.05) is 39.8 Å². The Morgan fingerprint density at radius 3 is 2.37 bits per heavy atom. The van der Waals surface area contributed by atoms with E-state index in [1.165, 1.54) is 0 Å². The number of amides is 2. The van der Waals surface area contributed by atoms with E-state index in [2.05, 4.69) is 30.9 Å². The van der Waals surface area contributed by atoms with E-state index in [1.54, 1.807) is 16.9 Å². The topological polar surface area (TPSA) is 118 Å². The molecule has 0 bridgehead atoms. The molecule has 5 rings (SSSR count). The summed E-state index contributed by atoms with van der Waals surface area (Å²) in [5, 5.41) is 17.6. The Labute approximate surface area is 205 Å². The molecule has 2 fully saturated rings. The molecule has 2 saturated carbocycles. The molecular formula is C26H33N7O2. The van der Waals surface area contributed by atoms with Crippen LogP contribution in [0.1, 0.15) is 60.2 Å². The standard InChI is InChI=1S/C26H33N7O2/c1-5-33-20(12-13-27-33)25(34)30-24(23(17-6-7-17)18-8-9-18)26(35)29-21-11-10-19(14(2)28-21)22-15(3)31-32-16(22)4/h10-13,17-18,23-24H,5-9H2,1-4H3,(H,30,34)(H,31,32)(H,28,29,35)/t24-/m0/s1. The summed E-state index contributed by atoms with van der Waals surface area (Å²) < 4.78 is 1.65. The van der Waals surface area contributed by atoms with E-state index in [0.717, 1.165) is 53.9 Å². The first-order valence-electron chi connectivity index (χ1n) is 12.5. The number of carbonyl (C=O) groups excluding carboxylic acids is 2. The van der Waals surface area contributed by atoms with Crippen LogP contribution in [0.4, 0.5) is 5.82 Å². The zero-order valence-corrected chi connectivity index (χ0v) is 20.8. The van der Waals surface area contributed by atoms with Crippen molar-refractivity contribution in [2.24, 2.45) is 17.8 Å². The minimum atomic E-state index is -0.608. The van der Waals surface area contributed by atoms with Crippen LogP contribution in [0.15, 0.2) is 24.4 Å². The number of hydrogen-bond donors (Lipinski definition) is 3. The van der Waals surface area contributed by atoms with Gasteiger partial charge in [-0.2, -0.15) is 10.2 Å². The van der Waals surface area contributed by atoms with Gasteiger partial charge in [0.1, 0.15) is 17.6 Å². The fourth-order valence-electron chi connectivity index (χ4n) is 5.27. The van der Waals surface area contributed by atoms with Crippen LogP contribution < -0.4 is 10.6 Å². The third kappa shape index (κ3) is 4.72. The molecule has 0 aliphatic heterocycles. The summed E-state index contributed by atoms with van der Waals surface area (Å²) >= 11 is 0. The number of hydrogen-bond acceptors (Lipinski definition) is 5. The molecule has 3 heterocycles. The average Bonchev–Trinajstić information content (AvgIpc) is 3.76. The minimum absolute atomic E-state index is 0.147. The second-order valence-corrected chi connectivity index (χ2v) is 9.86. The van der Waals surface area contributed by atoms with Crippen LogP contribution in [0, 0.1) is 38.5 Å².